The summed E-state index contributed by atoms with van der Waals surface area (Å²) in [6.07, 6.45) is -0.204. The minimum Gasteiger partial charge on any atom is -0.368 e. The van der Waals surface area contributed by atoms with Gasteiger partial charge in [0.1, 0.15) is 6.10 Å². The van der Waals surface area contributed by atoms with Crippen molar-refractivity contribution < 1.29 is 19.3 Å². The van der Waals surface area contributed by atoms with Crippen LogP contribution >= 0.6 is 0 Å². The molecule has 4 heteroatoms. The molecule has 0 aliphatic carbocycles. The maximum Gasteiger partial charge on any atom is 0.163 e. The summed E-state index contributed by atoms with van der Waals surface area (Å²) < 4.78 is 16.1. The first-order valence-corrected chi connectivity index (χ1v) is 4.22. The van der Waals surface area contributed by atoms with E-state index in [0.29, 0.717) is 13.0 Å². The number of fused-ring (bicyclic) bond motifs is 1. The quantitative estimate of drug-likeness (QED) is 0.571. The summed E-state index contributed by atoms with van der Waals surface area (Å²) in [5.74, 6) is -0.525. The van der Waals surface area contributed by atoms with Crippen LogP contribution in [0.5, 0.6) is 0 Å². The molecule has 0 saturated carbocycles. The number of rotatable bonds is 0. The van der Waals surface area contributed by atoms with E-state index in [1.807, 2.05) is 13.8 Å². The van der Waals surface area contributed by atoms with E-state index < -0.39 is 12.1 Å². The highest BCUT2D eigenvalue weighted by Gasteiger charge is 2.44. The Morgan fingerprint density at radius 3 is 2.67 bits per heavy atom. The van der Waals surface area contributed by atoms with Crippen molar-refractivity contribution in [3.05, 3.63) is 0 Å². The van der Waals surface area contributed by atoms with Gasteiger partial charge in [-0.2, -0.15) is 0 Å². The van der Waals surface area contributed by atoms with Gasteiger partial charge in [-0.1, -0.05) is 0 Å². The van der Waals surface area contributed by atoms with Gasteiger partial charge in [0.05, 0.1) is 12.7 Å². The zero-order valence-corrected chi connectivity index (χ0v) is 7.32. The fourth-order valence-electron chi connectivity index (χ4n) is 1.72. The van der Waals surface area contributed by atoms with Crippen LogP contribution in [0.25, 0.3) is 0 Å². The zero-order chi connectivity index (χ0) is 8.77. The molecule has 2 aliphatic heterocycles. The smallest absolute Gasteiger partial charge is 0.163 e. The van der Waals surface area contributed by atoms with E-state index >= 15 is 0 Å². The van der Waals surface area contributed by atoms with Gasteiger partial charge in [0, 0.05) is 6.42 Å². The maximum atomic E-state index is 9.17. The van der Waals surface area contributed by atoms with Crippen molar-refractivity contribution in [3.63, 3.8) is 0 Å². The molecule has 70 valence electrons. The van der Waals surface area contributed by atoms with Crippen LogP contribution in [0.1, 0.15) is 20.3 Å². The molecule has 12 heavy (non-hydrogen) atoms. The summed E-state index contributed by atoms with van der Waals surface area (Å²) >= 11 is 0. The van der Waals surface area contributed by atoms with Gasteiger partial charge in [-0.3, -0.25) is 0 Å². The standard InChI is InChI=1S/C8H14O4/c1-8(2)11-5-3-7(9)10-4-6(5)12-8/h5-7,9H,3-4H2,1-2H3. The van der Waals surface area contributed by atoms with Crippen LogP contribution in [-0.2, 0) is 14.2 Å². The Balaban J connectivity index is 2.02. The monoisotopic (exact) mass is 174 g/mol. The number of hydrogen-bond acceptors (Lipinski definition) is 4. The van der Waals surface area contributed by atoms with Gasteiger partial charge in [-0.15, -0.1) is 0 Å². The summed E-state index contributed by atoms with van der Waals surface area (Å²) in [5, 5.41) is 9.17. The average Bonchev–Trinajstić information content (AvgIpc) is 2.21. The fraction of sp³-hybridized carbons (Fsp3) is 1.00. The Bertz CT molecular complexity index is 180. The normalized spacial score (nSPS) is 45.8. The van der Waals surface area contributed by atoms with Gasteiger partial charge in [-0.25, -0.2) is 0 Å². The highest BCUT2D eigenvalue weighted by molar-refractivity contribution is 4.84. The van der Waals surface area contributed by atoms with Gasteiger partial charge in [0.15, 0.2) is 12.1 Å². The number of aliphatic hydroxyl groups excluding tert-OH is 1. The molecule has 2 rings (SSSR count). The zero-order valence-electron chi connectivity index (χ0n) is 7.32. The Morgan fingerprint density at radius 2 is 1.92 bits per heavy atom. The SMILES string of the molecule is CC1(C)OC2COC(O)CC2O1. The molecule has 0 radical (unpaired) electrons. The van der Waals surface area contributed by atoms with Crippen molar-refractivity contribution in [2.45, 2.75) is 44.6 Å². The highest BCUT2D eigenvalue weighted by atomic mass is 16.8. The molecular weight excluding hydrogens is 160 g/mol. The van der Waals surface area contributed by atoms with E-state index in [9.17, 15) is 0 Å². The molecule has 0 aromatic carbocycles. The van der Waals surface area contributed by atoms with Crippen LogP contribution in [0.3, 0.4) is 0 Å². The molecule has 2 fully saturated rings. The van der Waals surface area contributed by atoms with E-state index in [2.05, 4.69) is 0 Å². The first-order valence-electron chi connectivity index (χ1n) is 4.22. The van der Waals surface area contributed by atoms with Gasteiger partial charge in [0.25, 0.3) is 0 Å². The fourth-order valence-corrected chi connectivity index (χ4v) is 1.72. The molecular formula is C8H14O4. The summed E-state index contributed by atoms with van der Waals surface area (Å²) in [7, 11) is 0. The second-order valence-corrected chi connectivity index (χ2v) is 3.74. The second-order valence-electron chi connectivity index (χ2n) is 3.74. The van der Waals surface area contributed by atoms with Crippen molar-refractivity contribution in [1.82, 2.24) is 0 Å². The molecule has 0 spiro atoms. The molecule has 1 N–H and O–H groups in total. The predicted octanol–water partition coefficient (Wildman–Crippen LogP) is 0.245. The second kappa shape index (κ2) is 2.67. The van der Waals surface area contributed by atoms with Crippen LogP contribution in [0, 0.1) is 0 Å². The molecule has 2 saturated heterocycles. The Kier molecular flexibility index (Phi) is 1.88. The lowest BCUT2D eigenvalue weighted by Gasteiger charge is -2.26. The highest BCUT2D eigenvalue weighted by Crippen LogP contribution is 2.33. The molecule has 0 aromatic rings. The van der Waals surface area contributed by atoms with E-state index in [1.165, 1.54) is 0 Å². The molecule has 0 amide bonds. The van der Waals surface area contributed by atoms with E-state index in [1.54, 1.807) is 0 Å². The molecule has 0 bridgehead atoms. The van der Waals surface area contributed by atoms with Crippen molar-refractivity contribution >= 4 is 0 Å². The summed E-state index contributed by atoms with van der Waals surface area (Å²) in [4.78, 5) is 0. The van der Waals surface area contributed by atoms with Crippen molar-refractivity contribution in [1.29, 1.82) is 0 Å². The lowest BCUT2D eigenvalue weighted by atomic mass is 10.1. The molecule has 3 atom stereocenters. The van der Waals surface area contributed by atoms with Crippen LogP contribution in [-0.4, -0.2) is 36.0 Å². The van der Waals surface area contributed by atoms with Crippen LogP contribution in [0.2, 0.25) is 0 Å². The minimum absolute atomic E-state index is 0.0104. The molecule has 2 heterocycles. The lowest BCUT2D eigenvalue weighted by molar-refractivity contribution is -0.167. The van der Waals surface area contributed by atoms with Gasteiger partial charge in [0.2, 0.25) is 0 Å². The van der Waals surface area contributed by atoms with Crippen molar-refractivity contribution in [3.8, 4) is 0 Å². The largest absolute Gasteiger partial charge is 0.368 e. The van der Waals surface area contributed by atoms with Gasteiger partial charge >= 0.3 is 0 Å². The topological polar surface area (TPSA) is 47.9 Å². The van der Waals surface area contributed by atoms with E-state index in [4.69, 9.17) is 19.3 Å². The van der Waals surface area contributed by atoms with Crippen LogP contribution in [0.15, 0.2) is 0 Å². The van der Waals surface area contributed by atoms with Crippen LogP contribution in [0.4, 0.5) is 0 Å². The third-order valence-corrected chi connectivity index (χ3v) is 2.17. The Labute approximate surface area is 71.4 Å². The first kappa shape index (κ1) is 8.44. The number of hydrogen-bond donors (Lipinski definition) is 1. The first-order chi connectivity index (χ1) is 5.57. The van der Waals surface area contributed by atoms with Crippen molar-refractivity contribution in [2.24, 2.45) is 0 Å². The van der Waals surface area contributed by atoms with Gasteiger partial charge in [-0.05, 0) is 13.8 Å². The molecule has 0 aromatic heterocycles. The third kappa shape index (κ3) is 1.47. The predicted molar refractivity (Wildman–Crippen MR) is 40.4 cm³/mol. The summed E-state index contributed by atoms with van der Waals surface area (Å²) in [5.41, 5.74) is 0. The maximum absolute atomic E-state index is 9.17. The van der Waals surface area contributed by atoms with E-state index in [-0.39, 0.29) is 12.2 Å². The van der Waals surface area contributed by atoms with E-state index in [0.717, 1.165) is 0 Å². The summed E-state index contributed by atoms with van der Waals surface area (Å²) in [6, 6.07) is 0. The summed E-state index contributed by atoms with van der Waals surface area (Å²) in [6.45, 7) is 4.17. The van der Waals surface area contributed by atoms with Crippen molar-refractivity contribution in [2.75, 3.05) is 6.61 Å². The molecule has 3 unspecified atom stereocenters. The number of aliphatic hydroxyl groups is 1. The van der Waals surface area contributed by atoms with Gasteiger partial charge < -0.3 is 19.3 Å². The molecule has 2 aliphatic rings. The average molecular weight is 174 g/mol. The molecule has 4 nitrogen and oxygen atoms in total. The minimum atomic E-state index is -0.691. The third-order valence-electron chi connectivity index (χ3n) is 2.17. The van der Waals surface area contributed by atoms with Crippen LogP contribution < -0.4 is 0 Å². The lowest BCUT2D eigenvalue weighted by Crippen LogP contribution is -2.39. The number of ether oxygens (including phenoxy) is 3. The Morgan fingerprint density at radius 1 is 1.25 bits per heavy atom. The Hall–Kier alpha value is -0.160.